The minimum atomic E-state index is -0.0407. The highest BCUT2D eigenvalue weighted by molar-refractivity contribution is 5.94. The van der Waals surface area contributed by atoms with E-state index in [1.54, 1.807) is 4.90 Å². The van der Waals surface area contributed by atoms with E-state index in [1.165, 1.54) is 0 Å². The maximum absolute atomic E-state index is 13.0. The van der Waals surface area contributed by atoms with Crippen LogP contribution in [-0.4, -0.2) is 46.5 Å². The Kier molecular flexibility index (Phi) is 7.01. The fourth-order valence-electron chi connectivity index (χ4n) is 3.55. The topological polar surface area (TPSA) is 88.3 Å². The number of nitrogens with zero attached hydrogens (tertiary/aromatic N) is 3. The van der Waals surface area contributed by atoms with E-state index in [-0.39, 0.29) is 23.7 Å². The number of carbonyl (C=O) groups excluding carboxylic acids is 2. The molecule has 3 rings (SSSR count). The molecular formula is C22H30N4O3. The van der Waals surface area contributed by atoms with Gasteiger partial charge in [0.1, 0.15) is 0 Å². The van der Waals surface area contributed by atoms with E-state index in [4.69, 9.17) is 4.52 Å². The minimum Gasteiger partial charge on any atom is -0.356 e. The first-order valence-electron chi connectivity index (χ1n) is 10.4. The summed E-state index contributed by atoms with van der Waals surface area (Å²) < 4.78 is 5.49. The molecule has 1 atom stereocenters. The molecule has 2 aromatic rings. The summed E-state index contributed by atoms with van der Waals surface area (Å²) in [6.07, 6.45) is 2.70. The highest BCUT2D eigenvalue weighted by Gasteiger charge is 2.23. The van der Waals surface area contributed by atoms with Crippen molar-refractivity contribution in [2.24, 2.45) is 0 Å². The quantitative estimate of drug-likeness (QED) is 0.856. The molecule has 1 aliphatic heterocycles. The van der Waals surface area contributed by atoms with E-state index < -0.39 is 0 Å². The number of amides is 2. The number of nitrogens with one attached hydrogen (secondary N) is 1. The number of hydrogen-bond donors (Lipinski definition) is 1. The summed E-state index contributed by atoms with van der Waals surface area (Å²) in [6, 6.07) is 7.58. The van der Waals surface area contributed by atoms with Crippen LogP contribution in [-0.2, 0) is 4.79 Å². The minimum absolute atomic E-state index is 0.0304. The lowest BCUT2D eigenvalue weighted by atomic mass is 9.99. The van der Waals surface area contributed by atoms with Crippen molar-refractivity contribution < 1.29 is 14.1 Å². The number of rotatable bonds is 3. The molecule has 1 aromatic heterocycles. The monoisotopic (exact) mass is 398 g/mol. The van der Waals surface area contributed by atoms with Crippen LogP contribution in [0.15, 0.2) is 28.8 Å². The zero-order valence-electron chi connectivity index (χ0n) is 17.5. The molecule has 2 amide bonds. The predicted octanol–water partition coefficient (Wildman–Crippen LogP) is 3.42. The highest BCUT2D eigenvalue weighted by Crippen LogP contribution is 2.25. The maximum atomic E-state index is 13.0. The van der Waals surface area contributed by atoms with Gasteiger partial charge in [-0.05, 0) is 38.3 Å². The van der Waals surface area contributed by atoms with Crippen LogP contribution in [0.4, 0.5) is 0 Å². The van der Waals surface area contributed by atoms with Crippen LogP contribution >= 0.6 is 0 Å². The van der Waals surface area contributed by atoms with Crippen molar-refractivity contribution in [2.45, 2.75) is 58.3 Å². The van der Waals surface area contributed by atoms with Gasteiger partial charge < -0.3 is 14.7 Å². The molecule has 0 bridgehead atoms. The maximum Gasteiger partial charge on any atom is 0.253 e. The fourth-order valence-corrected chi connectivity index (χ4v) is 3.55. The summed E-state index contributed by atoms with van der Waals surface area (Å²) in [7, 11) is 0. The van der Waals surface area contributed by atoms with Crippen molar-refractivity contribution in [3.8, 4) is 0 Å². The third kappa shape index (κ3) is 5.65. The first-order chi connectivity index (χ1) is 13.9. The van der Waals surface area contributed by atoms with Crippen molar-refractivity contribution in [3.63, 3.8) is 0 Å². The highest BCUT2D eigenvalue weighted by atomic mass is 16.5. The zero-order valence-corrected chi connectivity index (χ0v) is 17.5. The van der Waals surface area contributed by atoms with E-state index in [0.29, 0.717) is 43.3 Å². The molecular weight excluding hydrogens is 368 g/mol. The number of carbonyl (C=O) groups is 2. The summed E-state index contributed by atoms with van der Waals surface area (Å²) in [4.78, 5) is 31.5. The summed E-state index contributed by atoms with van der Waals surface area (Å²) in [5.74, 6) is 1.54. The third-order valence-corrected chi connectivity index (χ3v) is 5.28. The number of benzene rings is 1. The summed E-state index contributed by atoms with van der Waals surface area (Å²) >= 11 is 0. The normalized spacial score (nSPS) is 19.0. The Balaban J connectivity index is 1.72. The number of hydrogen-bond acceptors (Lipinski definition) is 5. The SMILES string of the molecule is Cc1cccc(C(=O)N2CCCC(c3nc(C(C)C)no3)CCNC(=O)CC2)c1. The Morgan fingerprint density at radius 1 is 1.28 bits per heavy atom. The van der Waals surface area contributed by atoms with Gasteiger partial charge in [0.25, 0.3) is 5.91 Å². The Labute approximate surface area is 171 Å². The van der Waals surface area contributed by atoms with Crippen LogP contribution in [0.2, 0.25) is 0 Å². The van der Waals surface area contributed by atoms with Crippen LogP contribution in [0.25, 0.3) is 0 Å². The molecule has 1 aromatic carbocycles. The Morgan fingerprint density at radius 3 is 2.83 bits per heavy atom. The average molecular weight is 399 g/mol. The van der Waals surface area contributed by atoms with Crippen molar-refractivity contribution >= 4 is 11.8 Å². The molecule has 1 aliphatic rings. The Bertz CT molecular complexity index is 846. The molecule has 29 heavy (non-hydrogen) atoms. The molecule has 7 heteroatoms. The van der Waals surface area contributed by atoms with Gasteiger partial charge in [0, 0.05) is 43.5 Å². The second-order valence-corrected chi connectivity index (χ2v) is 8.03. The largest absolute Gasteiger partial charge is 0.356 e. The number of aromatic nitrogens is 2. The lowest BCUT2D eigenvalue weighted by Gasteiger charge is -2.23. The molecule has 156 valence electrons. The summed E-state index contributed by atoms with van der Waals surface area (Å²) in [6.45, 7) is 7.61. The molecule has 1 unspecified atom stereocenters. The van der Waals surface area contributed by atoms with Gasteiger partial charge in [-0.3, -0.25) is 9.59 Å². The molecule has 1 N–H and O–H groups in total. The van der Waals surface area contributed by atoms with Crippen molar-refractivity contribution in [3.05, 3.63) is 47.1 Å². The number of aryl methyl sites for hydroxylation is 1. The van der Waals surface area contributed by atoms with E-state index in [0.717, 1.165) is 24.8 Å². The predicted molar refractivity (Wildman–Crippen MR) is 110 cm³/mol. The van der Waals surface area contributed by atoms with Crippen LogP contribution in [0.1, 0.15) is 79.0 Å². The Hall–Kier alpha value is -2.70. The van der Waals surface area contributed by atoms with Crippen molar-refractivity contribution in [1.29, 1.82) is 0 Å². The van der Waals surface area contributed by atoms with Crippen molar-refractivity contribution in [1.82, 2.24) is 20.4 Å². The molecule has 0 aliphatic carbocycles. The van der Waals surface area contributed by atoms with Crippen LogP contribution < -0.4 is 5.32 Å². The average Bonchev–Trinajstić information content (AvgIpc) is 3.17. The molecule has 0 spiro atoms. The Morgan fingerprint density at radius 2 is 2.10 bits per heavy atom. The first-order valence-corrected chi connectivity index (χ1v) is 10.4. The van der Waals surface area contributed by atoms with Gasteiger partial charge in [-0.25, -0.2) is 0 Å². The lowest BCUT2D eigenvalue weighted by molar-refractivity contribution is -0.121. The van der Waals surface area contributed by atoms with Gasteiger partial charge in [0.05, 0.1) is 0 Å². The second kappa shape index (κ2) is 9.67. The van der Waals surface area contributed by atoms with E-state index in [1.807, 2.05) is 45.0 Å². The van der Waals surface area contributed by atoms with E-state index >= 15 is 0 Å². The van der Waals surface area contributed by atoms with Gasteiger partial charge in [0.2, 0.25) is 11.8 Å². The van der Waals surface area contributed by atoms with Gasteiger partial charge >= 0.3 is 0 Å². The fraction of sp³-hybridized carbons (Fsp3) is 0.545. The molecule has 0 radical (unpaired) electrons. The third-order valence-electron chi connectivity index (χ3n) is 5.28. The lowest BCUT2D eigenvalue weighted by Crippen LogP contribution is -2.35. The van der Waals surface area contributed by atoms with E-state index in [9.17, 15) is 9.59 Å². The van der Waals surface area contributed by atoms with Gasteiger partial charge in [-0.15, -0.1) is 0 Å². The van der Waals surface area contributed by atoms with Crippen LogP contribution in [0.3, 0.4) is 0 Å². The standard InChI is InChI=1S/C22H30N4O3/c1-15(2)20-24-21(29-25-20)17-8-5-12-26(13-10-19(27)23-11-9-17)22(28)18-7-4-6-16(3)14-18/h4,6-7,14-15,17H,5,8-13H2,1-3H3,(H,23,27). The van der Waals surface area contributed by atoms with Crippen LogP contribution in [0.5, 0.6) is 0 Å². The zero-order chi connectivity index (χ0) is 20.8. The summed E-state index contributed by atoms with van der Waals surface area (Å²) in [5.41, 5.74) is 1.71. The molecule has 1 fully saturated rings. The molecule has 0 saturated carbocycles. The van der Waals surface area contributed by atoms with Gasteiger partial charge in [-0.1, -0.05) is 36.7 Å². The van der Waals surface area contributed by atoms with E-state index in [2.05, 4.69) is 15.5 Å². The molecule has 2 heterocycles. The van der Waals surface area contributed by atoms with Gasteiger partial charge in [-0.2, -0.15) is 4.98 Å². The van der Waals surface area contributed by atoms with Crippen LogP contribution in [0, 0.1) is 6.92 Å². The summed E-state index contributed by atoms with van der Waals surface area (Å²) in [5, 5.41) is 7.02. The van der Waals surface area contributed by atoms with Gasteiger partial charge in [0.15, 0.2) is 5.82 Å². The molecule has 1 saturated heterocycles. The van der Waals surface area contributed by atoms with Crippen molar-refractivity contribution in [2.75, 3.05) is 19.6 Å². The molecule has 7 nitrogen and oxygen atoms in total. The smallest absolute Gasteiger partial charge is 0.253 e. The first kappa shape index (κ1) is 21.0. The second-order valence-electron chi connectivity index (χ2n) is 8.03.